The summed E-state index contributed by atoms with van der Waals surface area (Å²) in [7, 11) is 0. The Balaban J connectivity index is 1.96. The monoisotopic (exact) mass is 324 g/mol. The highest BCUT2D eigenvalue weighted by atomic mass is 32.1. The number of amides is 1. The van der Waals surface area contributed by atoms with E-state index in [4.69, 9.17) is 12.2 Å². The lowest BCUT2D eigenvalue weighted by atomic mass is 10.2. The molecule has 7 heteroatoms. The minimum atomic E-state index is -4.39. The Bertz CT molecular complexity index is 669. The predicted octanol–water partition coefficient (Wildman–Crippen LogP) is 3.83. The first kappa shape index (κ1) is 16.0. The van der Waals surface area contributed by atoms with Gasteiger partial charge >= 0.3 is 6.18 Å². The van der Waals surface area contributed by atoms with E-state index in [0.29, 0.717) is 11.3 Å². The molecule has 2 N–H and O–H groups in total. The summed E-state index contributed by atoms with van der Waals surface area (Å²) in [6, 6.07) is 12.8. The summed E-state index contributed by atoms with van der Waals surface area (Å²) in [6.07, 6.45) is -4.39. The minimum Gasteiger partial charge on any atom is -0.332 e. The van der Waals surface area contributed by atoms with Gasteiger partial charge in [0.05, 0.1) is 5.56 Å². The molecule has 0 aromatic heterocycles. The average molecular weight is 324 g/mol. The van der Waals surface area contributed by atoms with Crippen LogP contribution in [-0.2, 0) is 6.18 Å². The van der Waals surface area contributed by atoms with Gasteiger partial charge in [0.25, 0.3) is 5.91 Å². The van der Waals surface area contributed by atoms with Gasteiger partial charge in [-0.05, 0) is 48.6 Å². The Labute approximate surface area is 130 Å². The van der Waals surface area contributed by atoms with Gasteiger partial charge in [-0.1, -0.05) is 18.2 Å². The second kappa shape index (κ2) is 6.57. The number of thiocarbonyl (C=S) groups is 1. The number of carbonyl (C=O) groups is 1. The molecule has 0 atom stereocenters. The molecule has 0 bridgehead atoms. The number of halogens is 3. The van der Waals surface area contributed by atoms with Crippen LogP contribution in [0.4, 0.5) is 18.9 Å². The number of anilines is 1. The largest absolute Gasteiger partial charge is 0.416 e. The van der Waals surface area contributed by atoms with Gasteiger partial charge in [0.1, 0.15) is 0 Å². The Hall–Kier alpha value is -2.41. The first-order chi connectivity index (χ1) is 10.4. The van der Waals surface area contributed by atoms with Gasteiger partial charge in [-0.2, -0.15) is 13.2 Å². The second-order valence-corrected chi connectivity index (χ2v) is 4.76. The normalized spacial score (nSPS) is 10.9. The number of rotatable bonds is 2. The van der Waals surface area contributed by atoms with Crippen LogP contribution in [0.5, 0.6) is 0 Å². The zero-order valence-electron chi connectivity index (χ0n) is 11.1. The Morgan fingerprint density at radius 1 is 0.955 bits per heavy atom. The van der Waals surface area contributed by atoms with Crippen LogP contribution in [0.1, 0.15) is 15.9 Å². The molecule has 0 saturated heterocycles. The summed E-state index contributed by atoms with van der Waals surface area (Å²) < 4.78 is 37.3. The van der Waals surface area contributed by atoms with Gasteiger partial charge in [-0.3, -0.25) is 10.1 Å². The van der Waals surface area contributed by atoms with Gasteiger partial charge in [0.15, 0.2) is 5.11 Å². The molecule has 2 aromatic rings. The number of carbonyl (C=O) groups excluding carboxylic acids is 1. The number of hydrogen-bond donors (Lipinski definition) is 2. The van der Waals surface area contributed by atoms with Crippen molar-refractivity contribution in [1.82, 2.24) is 5.32 Å². The predicted molar refractivity (Wildman–Crippen MR) is 81.6 cm³/mol. The van der Waals surface area contributed by atoms with Crippen LogP contribution in [0.3, 0.4) is 0 Å². The maximum atomic E-state index is 12.4. The van der Waals surface area contributed by atoms with Gasteiger partial charge in [-0.15, -0.1) is 0 Å². The van der Waals surface area contributed by atoms with Crippen molar-refractivity contribution in [3.05, 3.63) is 65.7 Å². The smallest absolute Gasteiger partial charge is 0.332 e. The molecule has 2 aromatic carbocycles. The van der Waals surface area contributed by atoms with E-state index >= 15 is 0 Å². The molecule has 3 nitrogen and oxygen atoms in total. The minimum absolute atomic E-state index is 0.00797. The van der Waals surface area contributed by atoms with Crippen molar-refractivity contribution in [2.75, 3.05) is 5.32 Å². The van der Waals surface area contributed by atoms with Crippen LogP contribution < -0.4 is 10.6 Å². The molecule has 1 amide bonds. The molecule has 0 unspecified atom stereocenters. The molecular formula is C15H11F3N2OS. The molecule has 0 saturated carbocycles. The molecule has 114 valence electrons. The van der Waals surface area contributed by atoms with Gasteiger partial charge < -0.3 is 5.32 Å². The van der Waals surface area contributed by atoms with Gasteiger partial charge in [-0.25, -0.2) is 0 Å². The number of alkyl halides is 3. The molecule has 0 fully saturated rings. The molecule has 0 spiro atoms. The SMILES string of the molecule is O=C(NC(=S)Nc1ccc(C(F)(F)F)cc1)c1ccccc1. The second-order valence-electron chi connectivity index (χ2n) is 4.35. The van der Waals surface area contributed by atoms with Gasteiger partial charge in [0.2, 0.25) is 0 Å². The molecule has 22 heavy (non-hydrogen) atoms. The van der Waals surface area contributed by atoms with Crippen molar-refractivity contribution in [3.8, 4) is 0 Å². The molecule has 0 aliphatic carbocycles. The van der Waals surface area contributed by atoms with E-state index in [1.54, 1.807) is 30.3 Å². The lowest BCUT2D eigenvalue weighted by Crippen LogP contribution is -2.34. The maximum absolute atomic E-state index is 12.4. The number of hydrogen-bond acceptors (Lipinski definition) is 2. The van der Waals surface area contributed by atoms with Crippen LogP contribution in [0, 0.1) is 0 Å². The van der Waals surface area contributed by atoms with Crippen molar-refractivity contribution in [2.24, 2.45) is 0 Å². The topological polar surface area (TPSA) is 41.1 Å². The molecular weight excluding hydrogens is 313 g/mol. The van der Waals surface area contributed by atoms with E-state index in [2.05, 4.69) is 10.6 Å². The van der Waals surface area contributed by atoms with Crippen molar-refractivity contribution >= 4 is 28.9 Å². The third-order valence-electron chi connectivity index (χ3n) is 2.73. The average Bonchev–Trinajstić information content (AvgIpc) is 2.47. The fraction of sp³-hybridized carbons (Fsp3) is 0.0667. The Kier molecular flexibility index (Phi) is 4.77. The highest BCUT2D eigenvalue weighted by Gasteiger charge is 2.29. The number of benzene rings is 2. The van der Waals surface area contributed by atoms with Crippen molar-refractivity contribution < 1.29 is 18.0 Å². The van der Waals surface area contributed by atoms with E-state index in [-0.39, 0.29) is 5.11 Å². The molecule has 0 aliphatic rings. The zero-order valence-corrected chi connectivity index (χ0v) is 12.0. The van der Waals surface area contributed by atoms with E-state index in [9.17, 15) is 18.0 Å². The first-order valence-electron chi connectivity index (χ1n) is 6.21. The van der Waals surface area contributed by atoms with Crippen molar-refractivity contribution in [3.63, 3.8) is 0 Å². The third kappa shape index (κ3) is 4.29. The quantitative estimate of drug-likeness (QED) is 0.825. The Morgan fingerprint density at radius 2 is 1.55 bits per heavy atom. The van der Waals surface area contributed by atoms with Crippen molar-refractivity contribution in [2.45, 2.75) is 6.18 Å². The standard InChI is InChI=1S/C15H11F3N2OS/c16-15(17,18)11-6-8-12(9-7-11)19-14(22)20-13(21)10-4-2-1-3-5-10/h1-9H,(H2,19,20,21,22). The fourth-order valence-electron chi connectivity index (χ4n) is 1.67. The summed E-state index contributed by atoms with van der Waals surface area (Å²) in [5.74, 6) is -0.398. The lowest BCUT2D eigenvalue weighted by molar-refractivity contribution is -0.137. The Morgan fingerprint density at radius 3 is 2.09 bits per heavy atom. The first-order valence-corrected chi connectivity index (χ1v) is 6.62. The fourth-order valence-corrected chi connectivity index (χ4v) is 1.88. The van der Waals surface area contributed by atoms with E-state index in [1.165, 1.54) is 12.1 Å². The van der Waals surface area contributed by atoms with Crippen LogP contribution in [0.25, 0.3) is 0 Å². The summed E-state index contributed by atoms with van der Waals surface area (Å²) in [5, 5.41) is 5.11. The maximum Gasteiger partial charge on any atom is 0.416 e. The highest BCUT2D eigenvalue weighted by Crippen LogP contribution is 2.29. The third-order valence-corrected chi connectivity index (χ3v) is 2.94. The van der Waals surface area contributed by atoms with Crippen molar-refractivity contribution in [1.29, 1.82) is 0 Å². The van der Waals surface area contributed by atoms with Crippen LogP contribution in [0.2, 0.25) is 0 Å². The summed E-state index contributed by atoms with van der Waals surface area (Å²) in [5.41, 5.74) is 0.0303. The summed E-state index contributed by atoms with van der Waals surface area (Å²) in [6.45, 7) is 0. The van der Waals surface area contributed by atoms with Crippen LogP contribution in [0.15, 0.2) is 54.6 Å². The molecule has 0 aliphatic heterocycles. The highest BCUT2D eigenvalue weighted by molar-refractivity contribution is 7.80. The number of nitrogens with one attached hydrogen (secondary N) is 2. The van der Waals surface area contributed by atoms with Crippen LogP contribution in [-0.4, -0.2) is 11.0 Å². The molecule has 2 rings (SSSR count). The zero-order chi connectivity index (χ0) is 16.2. The van der Waals surface area contributed by atoms with E-state index < -0.39 is 17.6 Å². The van der Waals surface area contributed by atoms with Gasteiger partial charge in [0, 0.05) is 11.3 Å². The molecule has 0 heterocycles. The van der Waals surface area contributed by atoms with E-state index in [0.717, 1.165) is 12.1 Å². The lowest BCUT2D eigenvalue weighted by Gasteiger charge is -2.11. The summed E-state index contributed by atoms with van der Waals surface area (Å²) in [4.78, 5) is 11.8. The molecule has 0 radical (unpaired) electrons. The van der Waals surface area contributed by atoms with E-state index in [1.807, 2.05) is 0 Å². The summed E-state index contributed by atoms with van der Waals surface area (Å²) >= 11 is 4.95. The van der Waals surface area contributed by atoms with Crippen LogP contribution >= 0.6 is 12.2 Å².